The topological polar surface area (TPSA) is 698 Å². The molecule has 8 aromatic rings. The molecule has 0 spiro atoms. The number of hydrogen-bond acceptors (Lipinski definition) is 40. The van der Waals surface area contributed by atoms with Gasteiger partial charge in [0.25, 0.3) is 16.7 Å². The molecule has 0 aliphatic carbocycles. The maximum absolute atomic E-state index is 12.3. The number of carbonyl (C=O) groups excluding carboxylic acids is 3. The summed E-state index contributed by atoms with van der Waals surface area (Å²) < 4.78 is 103. The van der Waals surface area contributed by atoms with Gasteiger partial charge in [-0.1, -0.05) is 0 Å². The van der Waals surface area contributed by atoms with E-state index < -0.39 is 113 Å². The third-order valence-electron chi connectivity index (χ3n) is 17.1. The van der Waals surface area contributed by atoms with Gasteiger partial charge in [0.1, 0.15) is 64.2 Å². The molecular formula is C54H66IN16O32P3. The predicted molar refractivity (Wildman–Crippen MR) is 357 cm³/mol. The number of nitrogen functional groups attached to an aromatic ring is 4. The second-order valence-electron chi connectivity index (χ2n) is 23.6. The van der Waals surface area contributed by atoms with E-state index in [1.165, 1.54) is 34.8 Å². The van der Waals surface area contributed by atoms with Crippen LogP contribution in [-0.4, -0.2) is 216 Å². The van der Waals surface area contributed by atoms with Gasteiger partial charge >= 0.3 is 189 Å². The normalized spacial score (nSPS) is 25.3. The van der Waals surface area contributed by atoms with Gasteiger partial charge in [-0.2, -0.15) is 15.0 Å². The first-order valence-corrected chi connectivity index (χ1v) is 37.9. The minimum atomic E-state index is -6.54. The Morgan fingerprint density at radius 2 is 1.03 bits per heavy atom. The summed E-state index contributed by atoms with van der Waals surface area (Å²) in [6.07, 6.45) is -1.12. The molecule has 18 N–H and O–H groups in total. The third-order valence-corrected chi connectivity index (χ3v) is 27.6. The van der Waals surface area contributed by atoms with Crippen molar-refractivity contribution < 1.29 is 135 Å². The van der Waals surface area contributed by atoms with Crippen LogP contribution in [0.2, 0.25) is 0 Å². The fourth-order valence-electron chi connectivity index (χ4n) is 12.2. The zero-order valence-electron chi connectivity index (χ0n) is 54.8. The van der Waals surface area contributed by atoms with E-state index in [0.717, 1.165) is 10.5 Å². The first-order chi connectivity index (χ1) is 50.6. The molecule has 6 aliphatic heterocycles. The predicted octanol–water partition coefficient (Wildman–Crippen LogP) is -2.30. The Balaban J connectivity index is 0.000000142. The van der Waals surface area contributed by atoms with Crippen LogP contribution in [0, 0.1) is 3.57 Å². The number of rotatable bonds is 17. The molecule has 48 nitrogen and oxygen atoms in total. The summed E-state index contributed by atoms with van der Waals surface area (Å²) in [7, 11) is -7.55. The Morgan fingerprint density at radius 1 is 0.604 bits per heavy atom. The number of methoxy groups -OCH3 is 1. The van der Waals surface area contributed by atoms with Crippen molar-refractivity contribution in [2.45, 2.75) is 113 Å². The Labute approximate surface area is 604 Å². The smallest absolute Gasteiger partial charge is 0.262 e. The van der Waals surface area contributed by atoms with Gasteiger partial charge in [-0.25, -0.2) is 4.79 Å². The van der Waals surface area contributed by atoms with E-state index in [0.29, 0.717) is 37.1 Å². The summed E-state index contributed by atoms with van der Waals surface area (Å²) >= 11 is 2.10. The van der Waals surface area contributed by atoms with Crippen molar-refractivity contribution in [1.29, 1.82) is 0 Å². The molecule has 14 rings (SSSR count). The Hall–Kier alpha value is -7.83. The van der Waals surface area contributed by atoms with Gasteiger partial charge in [0, 0.05) is 48.3 Å². The van der Waals surface area contributed by atoms with Gasteiger partial charge < -0.3 is 88.5 Å². The molecule has 52 heteroatoms. The van der Waals surface area contributed by atoms with Crippen LogP contribution >= 0.6 is 44.7 Å². The number of Topliss-reactive ketones (excluding diaryl/α,β-unsaturated/α-hetero) is 2. The van der Waals surface area contributed by atoms with Crippen molar-refractivity contribution in [2.24, 2.45) is 0 Å². The summed E-state index contributed by atoms with van der Waals surface area (Å²) in [6.45, 7) is -6.13. The number of nitrogens with one attached hydrogen (secondary N) is 4. The second kappa shape index (κ2) is 32.9. The van der Waals surface area contributed by atoms with Crippen molar-refractivity contribution in [1.82, 2.24) is 58.1 Å². The van der Waals surface area contributed by atoms with E-state index in [1.807, 2.05) is 10.8 Å². The molecule has 6 aliphatic rings. The molecule has 14 atom stereocenters. The molecule has 0 radical (unpaired) electrons. The van der Waals surface area contributed by atoms with E-state index in [9.17, 15) is 72.9 Å². The van der Waals surface area contributed by atoms with Crippen LogP contribution in [0.25, 0.3) is 44.1 Å². The van der Waals surface area contributed by atoms with E-state index in [-0.39, 0.29) is 156 Å². The van der Waals surface area contributed by atoms with Crippen LogP contribution in [0.3, 0.4) is 0 Å². The van der Waals surface area contributed by atoms with E-state index >= 15 is 0 Å². The number of anilines is 4. The maximum atomic E-state index is 12.3. The fourth-order valence-corrected chi connectivity index (χ4v) is 17.4. The SMILES string of the molecule is CC(=O)C(=O)c1cn([C@H]2CC(O)[C@@H](CO)O2)c2nc(N)[nH]c(=O)c12.COC(=O)c1cn([C@H]2CC3OCOCOC[C@H]3O2)c2nc(N)[nH]c(=O)c12.Nc1nc2c(c(CO)cn2[C@H]2CC(O)[C@@H](COP(OO)(OOO)([P+](=O)[O-])[P+](=O)[O-])O2)c(=O)[nH]1.Nc1nc2c(c(I)cn2[C@H]2CC3OCOCOC[C@H]3O2)c(=O)[nH]1. The number of aliphatic hydroxyl groups is 4. The number of carbonyl (C=O) groups is 3. The monoisotopic (exact) mass is 1670 g/mol. The number of nitrogens with two attached hydrogens (primary N) is 4. The Morgan fingerprint density at radius 3 is 1.48 bits per heavy atom. The molecule has 106 heavy (non-hydrogen) atoms. The molecule has 0 saturated carbocycles. The Kier molecular flexibility index (Phi) is 24.6. The molecule has 0 aromatic carbocycles. The van der Waals surface area contributed by atoms with Crippen LogP contribution in [0.4, 0.5) is 23.8 Å². The van der Waals surface area contributed by atoms with Crippen molar-refractivity contribution in [2.75, 3.05) is 83.6 Å². The zero-order valence-corrected chi connectivity index (χ0v) is 59.7. The fraction of sp³-hybridized carbons (Fsp3) is 0.500. The number of esters is 1. The number of aromatic amines is 4. The van der Waals surface area contributed by atoms with Crippen LogP contribution < -0.4 is 55.0 Å². The van der Waals surface area contributed by atoms with Gasteiger partial charge in [0.2, 0.25) is 23.6 Å². The standard InChI is InChI=1S/C15H18N4O7.C14H16N4O6.C13H15IN4O5.C12H17N4O14P3/c1-22-14(21)7-3-19(12-11(7)13(20)18-15(16)17-12)10-2-8-9(26-10)4-23-5-24-6-25-8;1-5(20)11(22)6-3-18(9-2-7(21)8(4-19)24-9)12-10(6)13(23)17-14(15)16-12;14-6-2-18(11-10(6)12(19)17-13(15)16-11)9-1-7-8(23-9)3-20-4-21-5-22-7;13-12-14-10-9(11(19)15-12)5(3-17)2-16(10)8-1-6(18)7(27-8)4-26-33(29-21,30-28-20,31(22)23)32(24)25/h3,8-10H,2,4-6H2,1H3,(H3,16,17,18,20);3,7-9,19,21H,2,4H2,1H3,(H3,15,16,17,23);2,7-9H,1,3-5H2,(H3,15,16,17,19);2,6-8,17-18,20-21H,1,3-4H2,(H3,13,14,15,19)/t8?,9-,10-;2*7?,8-,9-;6?,7-,8-/m1111/s1. The number of H-pyrrole nitrogens is 4. The zero-order chi connectivity index (χ0) is 76.4. The molecular weight excluding hydrogens is 1600 g/mol. The van der Waals surface area contributed by atoms with E-state index in [2.05, 4.69) is 76.8 Å². The van der Waals surface area contributed by atoms with Crippen LogP contribution in [0.15, 0.2) is 44.0 Å². The summed E-state index contributed by atoms with van der Waals surface area (Å²) in [6, 6.07) is 0. The minimum absolute atomic E-state index is 0.000298. The van der Waals surface area contributed by atoms with Gasteiger partial charge in [-0.3, -0.25) is 38.9 Å². The molecule has 0 bridgehead atoms. The number of ether oxygens (including phenoxy) is 11. The third kappa shape index (κ3) is 15.6. The number of fused-ring (bicyclic) bond motifs is 6. The summed E-state index contributed by atoms with van der Waals surface area (Å²) in [4.78, 5) is 134. The van der Waals surface area contributed by atoms with Gasteiger partial charge in [-0.05, 0) is 22.6 Å². The summed E-state index contributed by atoms with van der Waals surface area (Å²) in [5, 5.41) is 60.1. The number of nitrogens with zero attached hydrogens (tertiary/aromatic N) is 8. The quantitative estimate of drug-likeness (QED) is 0.00867. The molecule has 576 valence electrons. The number of aliphatic hydroxyl groups excluding tert-OH is 4. The average molecular weight is 1670 g/mol. The van der Waals surface area contributed by atoms with Crippen molar-refractivity contribution >= 4 is 130 Å². The van der Waals surface area contributed by atoms with E-state index in [1.54, 1.807) is 4.57 Å². The number of halogens is 1. The van der Waals surface area contributed by atoms with Crippen LogP contribution in [0.1, 0.15) is 83.8 Å². The molecule has 14 heterocycles. The molecule has 6 unspecified atom stereocenters. The van der Waals surface area contributed by atoms with Crippen LogP contribution in [-0.2, 0) is 91.5 Å². The summed E-state index contributed by atoms with van der Waals surface area (Å²) in [5.74, 6) is -2.61. The van der Waals surface area contributed by atoms with Gasteiger partial charge in [-0.15, -0.1) is 0 Å². The number of aromatic nitrogens is 12. The largest absolute Gasteiger partial charge is 0.369 e. The molecule has 6 saturated heterocycles. The van der Waals surface area contributed by atoms with Crippen molar-refractivity contribution in [3.8, 4) is 0 Å². The average Bonchev–Trinajstić information content (AvgIpc) is 1.20. The Bertz CT molecular complexity index is 4870. The minimum Gasteiger partial charge on any atom is -0.369 e. The molecule has 8 aromatic heterocycles. The second-order valence-corrected chi connectivity index (χ2v) is 34.9. The molecule has 0 amide bonds. The molecule has 6 fully saturated rings. The van der Waals surface area contributed by atoms with Crippen LogP contribution in [0.5, 0.6) is 0 Å². The van der Waals surface area contributed by atoms with Gasteiger partial charge in [0.05, 0.1) is 72.5 Å². The summed E-state index contributed by atoms with van der Waals surface area (Å²) in [5.41, 5.74) is 21.3. The van der Waals surface area contributed by atoms with E-state index in [4.69, 9.17) is 90.1 Å². The number of hydrogen-bond donors (Lipinski definition) is 14. The van der Waals surface area contributed by atoms with Crippen molar-refractivity contribution in [3.63, 3.8) is 0 Å². The van der Waals surface area contributed by atoms with Gasteiger partial charge in [0.15, 0.2) is 22.7 Å². The first-order valence-electron chi connectivity index (χ1n) is 31.0. The van der Waals surface area contributed by atoms with Crippen molar-refractivity contribution in [3.05, 3.63) is 86.5 Å². The number of ketones is 2. The maximum Gasteiger partial charge on any atom is 0.262 e. The first kappa shape index (κ1) is 79.2.